The molecule has 3 aromatic rings. The van der Waals surface area contributed by atoms with Crippen LogP contribution in [0.15, 0.2) is 53.6 Å². The van der Waals surface area contributed by atoms with Gasteiger partial charge in [0, 0.05) is 17.0 Å². The molecule has 1 heterocycles. The number of nitrogens with zero attached hydrogens (tertiary/aromatic N) is 2. The van der Waals surface area contributed by atoms with E-state index in [0.29, 0.717) is 21.9 Å². The third kappa shape index (κ3) is 4.58. The Morgan fingerprint density at radius 2 is 1.88 bits per heavy atom. The fraction of sp³-hybridized carbons (Fsp3) is 0.231. The van der Waals surface area contributed by atoms with Crippen molar-refractivity contribution in [1.29, 1.82) is 5.26 Å². The van der Waals surface area contributed by atoms with Crippen LogP contribution in [0, 0.1) is 25.2 Å². The maximum absolute atomic E-state index is 12.6. The van der Waals surface area contributed by atoms with Crippen LogP contribution in [0.2, 0.25) is 0 Å². The van der Waals surface area contributed by atoms with E-state index in [1.807, 2.05) is 44.2 Å². The molecule has 1 aliphatic rings. The van der Waals surface area contributed by atoms with Crippen LogP contribution in [0.3, 0.4) is 0 Å². The molecule has 0 saturated heterocycles. The third-order valence-corrected chi connectivity index (χ3v) is 6.43. The van der Waals surface area contributed by atoms with Gasteiger partial charge in [0.05, 0.1) is 12.0 Å². The summed E-state index contributed by atoms with van der Waals surface area (Å²) >= 11 is 1.35. The van der Waals surface area contributed by atoms with Crippen LogP contribution in [0.1, 0.15) is 44.7 Å². The Balaban J connectivity index is 1.31. The summed E-state index contributed by atoms with van der Waals surface area (Å²) in [5, 5.41) is 9.95. The summed E-state index contributed by atoms with van der Waals surface area (Å²) in [5.74, 6) is -0.242. The number of rotatable bonds is 7. The first kappa shape index (κ1) is 21.8. The number of Topliss-reactive ketones (excluding diaryl/α,β-unsaturated/α-hetero) is 1. The zero-order valence-electron chi connectivity index (χ0n) is 18.0. The van der Waals surface area contributed by atoms with Crippen molar-refractivity contribution < 1.29 is 14.3 Å². The standard InChI is InChI=1S/C26H22N2O3S/c1-16-11-17(2)28-26(23(16)14-27)32-10-9-25(30)31-15-24(29)20-8-7-19-12-18-5-3-4-6-21(18)22(19)13-20/h3-8,11,13H,9-10,12,15H2,1-2H3. The second kappa shape index (κ2) is 9.37. The maximum atomic E-state index is 12.6. The smallest absolute Gasteiger partial charge is 0.307 e. The molecular formula is C26H22N2O3S. The minimum Gasteiger partial charge on any atom is -0.457 e. The highest BCUT2D eigenvalue weighted by atomic mass is 32.2. The molecular weight excluding hydrogens is 420 g/mol. The molecule has 6 heteroatoms. The van der Waals surface area contributed by atoms with Crippen molar-refractivity contribution >= 4 is 23.5 Å². The average Bonchev–Trinajstić information content (AvgIpc) is 3.15. The van der Waals surface area contributed by atoms with Gasteiger partial charge in [-0.3, -0.25) is 9.59 Å². The number of pyridine rings is 1. The summed E-state index contributed by atoms with van der Waals surface area (Å²) in [6, 6.07) is 17.9. The van der Waals surface area contributed by atoms with Gasteiger partial charge in [-0.15, -0.1) is 11.8 Å². The van der Waals surface area contributed by atoms with E-state index in [0.717, 1.165) is 28.8 Å². The van der Waals surface area contributed by atoms with E-state index in [4.69, 9.17) is 4.74 Å². The van der Waals surface area contributed by atoms with Crippen molar-refractivity contribution in [3.05, 3.63) is 82.0 Å². The minimum atomic E-state index is -0.444. The van der Waals surface area contributed by atoms with Gasteiger partial charge in [0.15, 0.2) is 12.4 Å². The van der Waals surface area contributed by atoms with Gasteiger partial charge in [-0.2, -0.15) is 5.26 Å². The summed E-state index contributed by atoms with van der Waals surface area (Å²) in [4.78, 5) is 29.1. The molecule has 5 nitrogen and oxygen atoms in total. The Bertz CT molecular complexity index is 1260. The predicted octanol–water partition coefficient (Wildman–Crippen LogP) is 5.05. The first-order valence-electron chi connectivity index (χ1n) is 10.4. The number of ketones is 1. The normalized spacial score (nSPS) is 11.4. The highest BCUT2D eigenvalue weighted by Gasteiger charge is 2.20. The summed E-state index contributed by atoms with van der Waals surface area (Å²) in [6.45, 7) is 3.46. The number of nitriles is 1. The Kier molecular flexibility index (Phi) is 6.38. The highest BCUT2D eigenvalue weighted by molar-refractivity contribution is 7.99. The molecule has 0 atom stereocenters. The number of carbonyl (C=O) groups excluding carboxylic acids is 2. The molecule has 1 aliphatic carbocycles. The quantitative estimate of drug-likeness (QED) is 0.226. The van der Waals surface area contributed by atoms with E-state index >= 15 is 0 Å². The van der Waals surface area contributed by atoms with Crippen molar-refractivity contribution in [2.45, 2.75) is 31.7 Å². The van der Waals surface area contributed by atoms with Gasteiger partial charge < -0.3 is 4.74 Å². The number of hydrogen-bond acceptors (Lipinski definition) is 6. The number of ether oxygens (including phenoxy) is 1. The Hall–Kier alpha value is -3.43. The van der Waals surface area contributed by atoms with Gasteiger partial charge in [0.25, 0.3) is 0 Å². The van der Waals surface area contributed by atoms with Crippen molar-refractivity contribution in [3.8, 4) is 17.2 Å². The van der Waals surface area contributed by atoms with E-state index in [-0.39, 0.29) is 18.8 Å². The molecule has 1 aromatic heterocycles. The SMILES string of the molecule is Cc1cc(C)c(C#N)c(SCCC(=O)OCC(=O)c2ccc3c(c2)-c2ccccc2C3)n1. The number of aryl methyl sites for hydroxylation is 2. The summed E-state index contributed by atoms with van der Waals surface area (Å²) in [5.41, 5.74) is 7.46. The lowest BCUT2D eigenvalue weighted by atomic mass is 10.0. The lowest BCUT2D eigenvalue weighted by molar-refractivity contribution is -0.141. The van der Waals surface area contributed by atoms with Crippen molar-refractivity contribution in [2.75, 3.05) is 12.4 Å². The second-order valence-corrected chi connectivity index (χ2v) is 8.84. The number of benzene rings is 2. The van der Waals surface area contributed by atoms with E-state index in [1.165, 1.54) is 22.9 Å². The lowest BCUT2D eigenvalue weighted by Crippen LogP contribution is -2.14. The predicted molar refractivity (Wildman–Crippen MR) is 124 cm³/mol. The maximum Gasteiger partial charge on any atom is 0.307 e. The van der Waals surface area contributed by atoms with E-state index < -0.39 is 5.97 Å². The molecule has 0 spiro atoms. The minimum absolute atomic E-state index is 0.134. The van der Waals surface area contributed by atoms with Crippen molar-refractivity contribution in [3.63, 3.8) is 0 Å². The number of carbonyl (C=O) groups is 2. The van der Waals surface area contributed by atoms with Crippen LogP contribution < -0.4 is 0 Å². The summed E-state index contributed by atoms with van der Waals surface area (Å²) in [6.07, 6.45) is 1.00. The third-order valence-electron chi connectivity index (χ3n) is 5.45. The fourth-order valence-electron chi connectivity index (χ4n) is 3.87. The molecule has 0 saturated carbocycles. The number of esters is 1. The van der Waals surface area contributed by atoms with Gasteiger partial charge in [-0.1, -0.05) is 36.4 Å². The number of thioether (sulfide) groups is 1. The lowest BCUT2D eigenvalue weighted by Gasteiger charge is -2.08. The first-order chi connectivity index (χ1) is 15.5. The molecule has 0 fully saturated rings. The van der Waals surface area contributed by atoms with Gasteiger partial charge in [-0.25, -0.2) is 4.98 Å². The van der Waals surface area contributed by atoms with Crippen molar-refractivity contribution in [1.82, 2.24) is 4.98 Å². The zero-order chi connectivity index (χ0) is 22.7. The molecule has 0 bridgehead atoms. The van der Waals surface area contributed by atoms with Crippen LogP contribution in [0.5, 0.6) is 0 Å². The van der Waals surface area contributed by atoms with Gasteiger partial charge in [-0.05, 0) is 60.2 Å². The molecule has 0 N–H and O–H groups in total. The first-order valence-corrected chi connectivity index (χ1v) is 11.4. The Labute approximate surface area is 191 Å². The second-order valence-electron chi connectivity index (χ2n) is 7.76. The average molecular weight is 443 g/mol. The van der Waals surface area contributed by atoms with E-state index in [1.54, 1.807) is 6.07 Å². The van der Waals surface area contributed by atoms with Crippen LogP contribution in [0.25, 0.3) is 11.1 Å². The van der Waals surface area contributed by atoms with E-state index in [9.17, 15) is 14.9 Å². The number of fused-ring (bicyclic) bond motifs is 3. The van der Waals surface area contributed by atoms with E-state index in [2.05, 4.69) is 23.2 Å². The molecule has 4 rings (SSSR count). The van der Waals surface area contributed by atoms with Gasteiger partial charge >= 0.3 is 5.97 Å². The van der Waals surface area contributed by atoms with Crippen LogP contribution in [-0.2, 0) is 16.0 Å². The zero-order valence-corrected chi connectivity index (χ0v) is 18.8. The topological polar surface area (TPSA) is 80.0 Å². The number of hydrogen-bond donors (Lipinski definition) is 0. The fourth-order valence-corrected chi connectivity index (χ4v) is 4.89. The molecule has 2 aromatic carbocycles. The molecule has 0 amide bonds. The van der Waals surface area contributed by atoms with Crippen LogP contribution in [-0.4, -0.2) is 29.1 Å². The Morgan fingerprint density at radius 1 is 1.09 bits per heavy atom. The van der Waals surface area contributed by atoms with Crippen LogP contribution >= 0.6 is 11.8 Å². The van der Waals surface area contributed by atoms with Gasteiger partial charge in [0.2, 0.25) is 0 Å². The van der Waals surface area contributed by atoms with Crippen LogP contribution in [0.4, 0.5) is 0 Å². The molecule has 0 radical (unpaired) electrons. The molecule has 0 aliphatic heterocycles. The number of aromatic nitrogens is 1. The molecule has 32 heavy (non-hydrogen) atoms. The largest absolute Gasteiger partial charge is 0.457 e. The molecule has 0 unspecified atom stereocenters. The monoisotopic (exact) mass is 442 g/mol. The summed E-state index contributed by atoms with van der Waals surface area (Å²) in [7, 11) is 0. The molecule has 160 valence electrons. The Morgan fingerprint density at radius 3 is 2.69 bits per heavy atom. The summed E-state index contributed by atoms with van der Waals surface area (Å²) < 4.78 is 5.20. The van der Waals surface area contributed by atoms with Crippen molar-refractivity contribution in [2.24, 2.45) is 0 Å². The van der Waals surface area contributed by atoms with Gasteiger partial charge in [0.1, 0.15) is 11.1 Å². The highest BCUT2D eigenvalue weighted by Crippen LogP contribution is 2.36.